The fraction of sp³-hybridized carbons (Fsp3) is 0.500. The van der Waals surface area contributed by atoms with Gasteiger partial charge in [-0.2, -0.15) is 0 Å². The summed E-state index contributed by atoms with van der Waals surface area (Å²) in [6, 6.07) is 0. The van der Waals surface area contributed by atoms with E-state index in [1.165, 1.54) is 29.5 Å². The highest BCUT2D eigenvalue weighted by molar-refractivity contribution is 14.1. The van der Waals surface area contributed by atoms with Gasteiger partial charge in [0.25, 0.3) is 0 Å². The first-order valence-corrected chi connectivity index (χ1v) is 3.41. The summed E-state index contributed by atoms with van der Waals surface area (Å²) < 4.78 is -0.322. The van der Waals surface area contributed by atoms with Gasteiger partial charge in [-0.25, -0.2) is 0 Å². The molecule has 1 unspecified atom stereocenters. The van der Waals surface area contributed by atoms with Crippen molar-refractivity contribution in [2.75, 3.05) is 0 Å². The molecule has 0 N–H and O–H groups in total. The third-order valence-electron chi connectivity index (χ3n) is 0.556. The summed E-state index contributed by atoms with van der Waals surface area (Å²) in [7, 11) is 0. The lowest BCUT2D eigenvalue weighted by atomic mass is 10.3. The lowest BCUT2D eigenvalue weighted by molar-refractivity contribution is -0.120. The van der Waals surface area contributed by atoms with Gasteiger partial charge in [0.15, 0.2) is 11.2 Å². The zero-order valence-electron chi connectivity index (χ0n) is 4.15. The fourth-order valence-electron chi connectivity index (χ4n) is 0.160. The fourth-order valence-corrected chi connectivity index (χ4v) is 0.598. The molecule has 46 valence electrons. The van der Waals surface area contributed by atoms with Crippen LogP contribution in [-0.2, 0) is 9.59 Å². The molecule has 0 saturated heterocycles. The Morgan fingerprint density at radius 1 is 1.62 bits per heavy atom. The molecule has 0 aromatic carbocycles. The van der Waals surface area contributed by atoms with Crippen molar-refractivity contribution in [1.82, 2.24) is 0 Å². The van der Waals surface area contributed by atoms with Crippen molar-refractivity contribution in [2.45, 2.75) is 12.3 Å². The number of hydrogen-bond acceptors (Lipinski definition) is 2. The lowest BCUT2D eigenvalue weighted by Gasteiger charge is -1.93. The van der Waals surface area contributed by atoms with Crippen molar-refractivity contribution in [3.8, 4) is 0 Å². The molecule has 0 aromatic rings. The zero-order valence-corrected chi connectivity index (χ0v) is 7.06. The molecule has 0 aliphatic heterocycles. The second-order valence-corrected chi connectivity index (χ2v) is 2.78. The third kappa shape index (κ3) is 2.61. The standard InChI is InChI=1S/C4H4ClIO2/c1-2(7)3(5)4(6)8/h3H,1H3. The molecule has 0 fully saturated rings. The van der Waals surface area contributed by atoms with Gasteiger partial charge in [0.2, 0.25) is 3.79 Å². The molecular formula is C4H4ClIO2. The van der Waals surface area contributed by atoms with Crippen LogP contribution in [-0.4, -0.2) is 15.0 Å². The molecule has 0 heterocycles. The highest BCUT2D eigenvalue weighted by Crippen LogP contribution is 2.03. The SMILES string of the molecule is CC(=O)C(Cl)C(=O)I. The minimum atomic E-state index is -0.949. The van der Waals surface area contributed by atoms with E-state index in [1.807, 2.05) is 0 Å². The van der Waals surface area contributed by atoms with Gasteiger partial charge in [0.05, 0.1) is 0 Å². The maximum absolute atomic E-state index is 10.2. The van der Waals surface area contributed by atoms with Gasteiger partial charge in [0, 0.05) is 22.6 Å². The summed E-state index contributed by atoms with van der Waals surface area (Å²) in [5.74, 6) is -0.300. The van der Waals surface area contributed by atoms with Crippen molar-refractivity contribution in [3.05, 3.63) is 0 Å². The summed E-state index contributed by atoms with van der Waals surface area (Å²) in [5, 5.41) is -0.949. The molecule has 0 spiro atoms. The Kier molecular flexibility index (Phi) is 3.55. The van der Waals surface area contributed by atoms with E-state index >= 15 is 0 Å². The van der Waals surface area contributed by atoms with Crippen molar-refractivity contribution in [3.63, 3.8) is 0 Å². The van der Waals surface area contributed by atoms with Gasteiger partial charge < -0.3 is 0 Å². The predicted octanol–water partition coefficient (Wildman–Crippen LogP) is 1.14. The Balaban J connectivity index is 3.83. The molecule has 0 rings (SSSR count). The van der Waals surface area contributed by atoms with Crippen LogP contribution >= 0.6 is 34.2 Å². The Morgan fingerprint density at radius 3 is 2.00 bits per heavy atom. The minimum Gasteiger partial charge on any atom is -0.298 e. The van der Waals surface area contributed by atoms with Crippen molar-refractivity contribution in [1.29, 1.82) is 0 Å². The summed E-state index contributed by atoms with van der Waals surface area (Å²) >= 11 is 6.74. The van der Waals surface area contributed by atoms with Crippen LogP contribution in [0.15, 0.2) is 0 Å². The molecule has 0 radical (unpaired) electrons. The summed E-state index contributed by atoms with van der Waals surface area (Å²) in [5.41, 5.74) is 0. The van der Waals surface area contributed by atoms with Crippen molar-refractivity contribution < 1.29 is 9.59 Å². The van der Waals surface area contributed by atoms with Gasteiger partial charge in [-0.3, -0.25) is 9.59 Å². The number of halogens is 2. The summed E-state index contributed by atoms with van der Waals surface area (Å²) in [6.45, 7) is 1.29. The van der Waals surface area contributed by atoms with Gasteiger partial charge in [-0.05, 0) is 6.92 Å². The molecule has 2 nitrogen and oxygen atoms in total. The smallest absolute Gasteiger partial charge is 0.217 e. The molecule has 4 heteroatoms. The number of rotatable bonds is 2. The van der Waals surface area contributed by atoms with Crippen molar-refractivity contribution >= 4 is 43.8 Å². The maximum Gasteiger partial charge on any atom is 0.217 e. The molecule has 1 atom stereocenters. The van der Waals surface area contributed by atoms with Crippen molar-refractivity contribution in [2.24, 2.45) is 0 Å². The van der Waals surface area contributed by atoms with Crippen LogP contribution in [0.1, 0.15) is 6.92 Å². The number of ketones is 1. The third-order valence-corrected chi connectivity index (χ3v) is 2.05. The quantitative estimate of drug-likeness (QED) is 0.317. The first kappa shape index (κ1) is 8.36. The zero-order chi connectivity index (χ0) is 6.73. The van der Waals surface area contributed by atoms with E-state index in [4.69, 9.17) is 11.6 Å². The van der Waals surface area contributed by atoms with Gasteiger partial charge in [-0.15, -0.1) is 11.6 Å². The highest BCUT2D eigenvalue weighted by Gasteiger charge is 2.15. The first-order valence-electron chi connectivity index (χ1n) is 1.89. The average molecular weight is 246 g/mol. The summed E-state index contributed by atoms with van der Waals surface area (Å²) in [4.78, 5) is 20.4. The number of hydrogen-bond donors (Lipinski definition) is 0. The Bertz CT molecular complexity index is 109. The van der Waals surface area contributed by atoms with E-state index in [2.05, 4.69) is 0 Å². The first-order chi connectivity index (χ1) is 3.55. The Labute approximate surface area is 65.7 Å². The molecule has 0 saturated carbocycles. The van der Waals surface area contributed by atoms with Gasteiger partial charge in [-0.1, -0.05) is 0 Å². The Morgan fingerprint density at radius 2 is 2.00 bits per heavy atom. The number of Topliss-reactive ketones (excluding diaryl/α,β-unsaturated/α-hetero) is 1. The number of alkyl halides is 1. The van der Waals surface area contributed by atoms with E-state index < -0.39 is 5.38 Å². The highest BCUT2D eigenvalue weighted by atomic mass is 127. The monoisotopic (exact) mass is 246 g/mol. The second kappa shape index (κ2) is 3.40. The summed E-state index contributed by atoms with van der Waals surface area (Å²) in [6.07, 6.45) is 0. The molecule has 0 amide bonds. The van der Waals surface area contributed by atoms with Crippen LogP contribution in [0.2, 0.25) is 0 Å². The van der Waals surface area contributed by atoms with Gasteiger partial charge >= 0.3 is 0 Å². The van der Waals surface area contributed by atoms with E-state index in [-0.39, 0.29) is 9.57 Å². The molecule has 0 bridgehead atoms. The molecule has 0 aliphatic carbocycles. The Hall–Kier alpha value is 0.360. The van der Waals surface area contributed by atoms with Crippen LogP contribution in [0.25, 0.3) is 0 Å². The van der Waals surface area contributed by atoms with E-state index in [9.17, 15) is 9.59 Å². The molecular weight excluding hydrogens is 242 g/mol. The largest absolute Gasteiger partial charge is 0.298 e. The van der Waals surface area contributed by atoms with Crippen LogP contribution in [0.4, 0.5) is 0 Å². The van der Waals surface area contributed by atoms with Crippen LogP contribution in [0.3, 0.4) is 0 Å². The maximum atomic E-state index is 10.2. The lowest BCUT2D eigenvalue weighted by Crippen LogP contribution is -2.16. The van der Waals surface area contributed by atoms with Crippen LogP contribution in [0.5, 0.6) is 0 Å². The van der Waals surface area contributed by atoms with E-state index in [0.29, 0.717) is 0 Å². The van der Waals surface area contributed by atoms with E-state index in [0.717, 1.165) is 0 Å². The normalized spacial score (nSPS) is 12.9. The molecule has 0 aliphatic rings. The predicted molar refractivity (Wildman–Crippen MR) is 39.3 cm³/mol. The number of carbonyl (C=O) groups is 2. The van der Waals surface area contributed by atoms with Gasteiger partial charge in [0.1, 0.15) is 0 Å². The molecule has 0 aromatic heterocycles. The molecule has 8 heavy (non-hydrogen) atoms. The minimum absolute atomic E-state index is 0.300. The van der Waals surface area contributed by atoms with Crippen LogP contribution in [0, 0.1) is 0 Å². The topological polar surface area (TPSA) is 34.1 Å². The average Bonchev–Trinajstić information content (AvgIpc) is 1.64. The van der Waals surface area contributed by atoms with Crippen LogP contribution < -0.4 is 0 Å². The van der Waals surface area contributed by atoms with E-state index in [1.54, 1.807) is 0 Å². The number of carbonyl (C=O) groups excluding carboxylic acids is 2. The second-order valence-electron chi connectivity index (χ2n) is 1.28.